The Morgan fingerprint density at radius 3 is 1.32 bits per heavy atom. The molecule has 0 spiro atoms. The normalized spacial score (nSPS) is 11.0. The van der Waals surface area contributed by atoms with Gasteiger partial charge in [0.1, 0.15) is 0 Å². The maximum absolute atomic E-state index is 6.33. The Labute approximate surface area is 209 Å². The molecule has 0 aliphatic heterocycles. The molecule has 0 heterocycles. The van der Waals surface area contributed by atoms with Crippen LogP contribution in [0.3, 0.4) is 0 Å². The van der Waals surface area contributed by atoms with E-state index in [2.05, 4.69) is 86.6 Å². The molecule has 5 heteroatoms. The average molecular weight is 593 g/mol. The van der Waals surface area contributed by atoms with Crippen molar-refractivity contribution in [2.75, 3.05) is 0 Å². The molecule has 0 amide bonds. The number of hydrogen-bond donors (Lipinski definition) is 0. The van der Waals surface area contributed by atoms with Crippen molar-refractivity contribution >= 4 is 68.4 Å². The molecule has 0 aliphatic carbocycles. The maximum atomic E-state index is 6.33. The molecule has 0 fully saturated rings. The molecule has 0 unspecified atom stereocenters. The zero-order valence-corrected chi connectivity index (χ0v) is 22.8. The number of rotatable bonds is 6. The van der Waals surface area contributed by atoms with E-state index in [1.807, 2.05) is 20.7 Å². The summed E-state index contributed by atoms with van der Waals surface area (Å²) in [4.78, 5) is 0. The van der Waals surface area contributed by atoms with Crippen LogP contribution in [0.15, 0.2) is 84.9 Å². The summed E-state index contributed by atoms with van der Waals surface area (Å²) in [6.45, 7) is 4.23. The van der Waals surface area contributed by atoms with E-state index in [-0.39, 0.29) is 27.7 Å². The second-order valence-corrected chi connectivity index (χ2v) is 17.8. The quantitative estimate of drug-likeness (QED) is 0.220. The van der Waals surface area contributed by atoms with E-state index in [9.17, 15) is 0 Å². The van der Waals surface area contributed by atoms with E-state index in [0.717, 1.165) is 10.0 Å². The third-order valence-electron chi connectivity index (χ3n) is 4.86. The van der Waals surface area contributed by atoms with Crippen LogP contribution < -0.4 is 8.92 Å². The van der Waals surface area contributed by atoms with Gasteiger partial charge in [-0.15, -0.1) is 0 Å². The fraction of sp³-hybridized carbons (Fsp3) is 0.0769. The van der Waals surface area contributed by atoms with Crippen molar-refractivity contribution in [3.05, 3.63) is 106 Å². The summed E-state index contributed by atoms with van der Waals surface area (Å²) in [6.07, 6.45) is 0. The van der Waals surface area contributed by atoms with Crippen LogP contribution in [0.2, 0.25) is 10.0 Å². The van der Waals surface area contributed by atoms with E-state index < -0.39 is 0 Å². The van der Waals surface area contributed by atoms with Gasteiger partial charge in [0.05, 0.1) is 0 Å². The van der Waals surface area contributed by atoms with Crippen molar-refractivity contribution in [1.29, 1.82) is 0 Å². The van der Waals surface area contributed by atoms with Gasteiger partial charge in [0.2, 0.25) is 0 Å². The minimum atomic E-state index is 0.287. The summed E-state index contributed by atoms with van der Waals surface area (Å²) in [5.74, 6) is 0. The molecule has 0 aliphatic rings. The molecular formula is C26H20Cl2SSe2. The van der Waals surface area contributed by atoms with Crippen LogP contribution in [-0.4, -0.2) is 27.7 Å². The first kappa shape index (κ1) is 23.0. The van der Waals surface area contributed by atoms with E-state index in [0.29, 0.717) is 0 Å². The molecule has 0 saturated carbocycles. The summed E-state index contributed by atoms with van der Waals surface area (Å²) >= 11 is 13.2. The van der Waals surface area contributed by atoms with E-state index in [1.165, 1.54) is 42.3 Å². The second-order valence-electron chi connectivity index (χ2n) is 7.25. The first-order chi connectivity index (χ1) is 15.0. The zero-order valence-electron chi connectivity index (χ0n) is 17.1. The fourth-order valence-electron chi connectivity index (χ4n) is 3.16. The van der Waals surface area contributed by atoms with Gasteiger partial charge >= 0.3 is 211 Å². The molecule has 0 saturated heterocycles. The molecule has 4 aromatic rings. The molecule has 0 radical (unpaired) electrons. The topological polar surface area (TPSA) is 0 Å². The average Bonchev–Trinajstić information content (AvgIpc) is 2.77. The molecule has 0 aromatic heterocycles. The molecule has 4 aromatic carbocycles. The van der Waals surface area contributed by atoms with Crippen LogP contribution in [0, 0.1) is 13.8 Å². The van der Waals surface area contributed by atoms with E-state index in [4.69, 9.17) is 23.2 Å². The number of aryl methyl sites for hydroxylation is 2. The van der Waals surface area contributed by atoms with Crippen LogP contribution in [0.4, 0.5) is 0 Å². The first-order valence-corrected chi connectivity index (χ1v) is 17.1. The van der Waals surface area contributed by atoms with Gasteiger partial charge in [0.15, 0.2) is 0 Å². The number of benzene rings is 4. The summed E-state index contributed by atoms with van der Waals surface area (Å²) in [5.41, 5.74) is 7.47. The van der Waals surface area contributed by atoms with Crippen LogP contribution in [0.25, 0.3) is 22.3 Å². The van der Waals surface area contributed by atoms with Crippen molar-refractivity contribution in [2.45, 2.75) is 13.8 Å². The Morgan fingerprint density at radius 2 is 0.935 bits per heavy atom. The summed E-state index contributed by atoms with van der Waals surface area (Å²) in [6, 6.07) is 29.9. The van der Waals surface area contributed by atoms with Crippen molar-refractivity contribution in [1.82, 2.24) is 0 Å². The van der Waals surface area contributed by atoms with Gasteiger partial charge in [-0.2, -0.15) is 0 Å². The monoisotopic (exact) mass is 594 g/mol. The summed E-state index contributed by atoms with van der Waals surface area (Å²) < 4.78 is 2.75. The van der Waals surface area contributed by atoms with Crippen molar-refractivity contribution in [2.24, 2.45) is 0 Å². The summed E-state index contributed by atoms with van der Waals surface area (Å²) in [5, 5.41) is 1.56. The predicted molar refractivity (Wildman–Crippen MR) is 142 cm³/mol. The van der Waals surface area contributed by atoms with Gasteiger partial charge in [-0.1, -0.05) is 0 Å². The van der Waals surface area contributed by atoms with E-state index >= 15 is 0 Å². The van der Waals surface area contributed by atoms with Gasteiger partial charge in [-0.25, -0.2) is 0 Å². The van der Waals surface area contributed by atoms with Gasteiger partial charge in [-0.05, 0) is 0 Å². The number of halogens is 2. The second kappa shape index (κ2) is 10.6. The number of hydrogen-bond acceptors (Lipinski definition) is 1. The van der Waals surface area contributed by atoms with E-state index in [1.54, 1.807) is 0 Å². The van der Waals surface area contributed by atoms with Crippen molar-refractivity contribution in [3.8, 4) is 22.3 Å². The van der Waals surface area contributed by atoms with Gasteiger partial charge < -0.3 is 0 Å². The SMILES string of the molecule is Cc1ccc(-c2cc(Cl)ccc2[Se]S[Se]c2ccc(Cl)cc2-c2ccc(C)cc2)cc1. The van der Waals surface area contributed by atoms with Crippen LogP contribution in [-0.2, 0) is 0 Å². The van der Waals surface area contributed by atoms with Gasteiger partial charge in [0.25, 0.3) is 0 Å². The molecule has 0 nitrogen and oxygen atoms in total. The molecule has 156 valence electrons. The van der Waals surface area contributed by atoms with Crippen LogP contribution in [0.1, 0.15) is 11.1 Å². The van der Waals surface area contributed by atoms with Gasteiger partial charge in [-0.3, -0.25) is 0 Å². The Hall–Kier alpha value is -1.15. The molecular weight excluding hydrogens is 573 g/mol. The Balaban J connectivity index is 1.55. The fourth-order valence-corrected chi connectivity index (χ4v) is 13.9. The van der Waals surface area contributed by atoms with Crippen molar-refractivity contribution < 1.29 is 0 Å². The molecule has 0 N–H and O–H groups in total. The van der Waals surface area contributed by atoms with Gasteiger partial charge in [0, 0.05) is 0 Å². The standard InChI is InChI=1S/C26H20Cl2SSe2/c1-17-3-7-19(8-4-17)23-15-21(27)11-13-25(23)30-29-31-26-14-12-22(28)16-24(26)20-9-5-18(2)6-10-20/h3-16H,1-2H3. The predicted octanol–water partition coefficient (Wildman–Crippen LogP) is 6.87. The molecule has 4 rings (SSSR count). The zero-order chi connectivity index (χ0) is 21.8. The Bertz CT molecular complexity index is 1090. The molecule has 0 atom stereocenters. The minimum absolute atomic E-state index is 0.287. The summed E-state index contributed by atoms with van der Waals surface area (Å²) in [7, 11) is 2.03. The Morgan fingerprint density at radius 1 is 0.548 bits per heavy atom. The van der Waals surface area contributed by atoms with Crippen LogP contribution in [0.5, 0.6) is 0 Å². The first-order valence-electron chi connectivity index (χ1n) is 9.74. The molecule has 31 heavy (non-hydrogen) atoms. The Kier molecular flexibility index (Phi) is 7.90. The van der Waals surface area contributed by atoms with Crippen LogP contribution >= 0.6 is 31.8 Å². The third-order valence-corrected chi connectivity index (χ3v) is 14.9. The molecule has 0 bridgehead atoms. The third kappa shape index (κ3) is 6.00. The van der Waals surface area contributed by atoms with Crippen molar-refractivity contribution in [3.63, 3.8) is 0 Å².